The van der Waals surface area contributed by atoms with E-state index in [0.717, 1.165) is 6.42 Å². The van der Waals surface area contributed by atoms with Crippen LogP contribution in [-0.2, 0) is 14.3 Å². The molecule has 1 rings (SSSR count). The molecule has 110 valence electrons. The first kappa shape index (κ1) is 15.9. The molecule has 1 aliphatic rings. The molecule has 0 aromatic rings. The zero-order chi connectivity index (χ0) is 14.6. The summed E-state index contributed by atoms with van der Waals surface area (Å²) in [5.41, 5.74) is 5.90. The molecule has 0 aliphatic carbocycles. The molecule has 0 radical (unpaired) electrons. The van der Waals surface area contributed by atoms with E-state index in [4.69, 9.17) is 10.5 Å². The molecule has 0 saturated carbocycles. The van der Waals surface area contributed by atoms with Gasteiger partial charge < -0.3 is 20.5 Å². The third-order valence-electron chi connectivity index (χ3n) is 3.52. The van der Waals surface area contributed by atoms with E-state index >= 15 is 0 Å². The molecule has 3 N–H and O–H groups in total. The summed E-state index contributed by atoms with van der Waals surface area (Å²) in [6, 6.07) is -1.00. The van der Waals surface area contributed by atoms with Gasteiger partial charge in [0, 0.05) is 6.54 Å². The zero-order valence-corrected chi connectivity index (χ0v) is 11.8. The number of carbonyl (C=O) groups is 2. The number of carbonyl (C=O) groups excluding carboxylic acids is 1. The van der Waals surface area contributed by atoms with Crippen molar-refractivity contribution in [2.75, 3.05) is 19.8 Å². The topological polar surface area (TPSA) is 92.9 Å². The number of carboxylic acids is 1. The Morgan fingerprint density at radius 2 is 2.05 bits per heavy atom. The molecule has 6 nitrogen and oxygen atoms in total. The maximum Gasteiger partial charge on any atom is 0.311 e. The van der Waals surface area contributed by atoms with Crippen molar-refractivity contribution in [3.63, 3.8) is 0 Å². The van der Waals surface area contributed by atoms with E-state index in [9.17, 15) is 14.7 Å². The van der Waals surface area contributed by atoms with E-state index in [-0.39, 0.29) is 25.0 Å². The first-order valence-corrected chi connectivity index (χ1v) is 6.76. The Kier molecular flexibility index (Phi) is 5.75. The van der Waals surface area contributed by atoms with Crippen molar-refractivity contribution in [1.82, 2.24) is 4.90 Å². The number of nitrogens with two attached hydrogens (primary N) is 1. The lowest BCUT2D eigenvalue weighted by Crippen LogP contribution is -2.54. The number of amides is 1. The molecule has 1 saturated heterocycles. The number of nitrogens with zero attached hydrogens (tertiary/aromatic N) is 1. The SMILES string of the molecule is CCCN(C(=O)[C@H](N)C(C)C)C1COCC1C(=O)O. The van der Waals surface area contributed by atoms with Gasteiger partial charge >= 0.3 is 5.97 Å². The standard InChI is InChI=1S/C13H24N2O4/c1-4-5-15(12(16)11(14)8(2)3)10-7-19-6-9(10)13(17)18/h8-11H,4-7,14H2,1-3H3,(H,17,18)/t9?,10?,11-/m1/s1. The van der Waals surface area contributed by atoms with Crippen LogP contribution in [0.15, 0.2) is 0 Å². The Hall–Kier alpha value is -1.14. The number of carboxylic acid groups (broad SMARTS) is 1. The summed E-state index contributed by atoms with van der Waals surface area (Å²) in [6.07, 6.45) is 0.763. The summed E-state index contributed by atoms with van der Waals surface area (Å²) in [5, 5.41) is 9.18. The van der Waals surface area contributed by atoms with Crippen molar-refractivity contribution in [3.8, 4) is 0 Å². The zero-order valence-electron chi connectivity index (χ0n) is 11.8. The highest BCUT2D eigenvalue weighted by Gasteiger charge is 2.41. The summed E-state index contributed by atoms with van der Waals surface area (Å²) < 4.78 is 5.23. The van der Waals surface area contributed by atoms with Crippen LogP contribution in [-0.4, -0.2) is 53.7 Å². The maximum atomic E-state index is 12.4. The first-order valence-electron chi connectivity index (χ1n) is 6.76. The fourth-order valence-corrected chi connectivity index (χ4v) is 2.24. The first-order chi connectivity index (χ1) is 8.90. The number of hydrogen-bond donors (Lipinski definition) is 2. The monoisotopic (exact) mass is 272 g/mol. The minimum atomic E-state index is -0.922. The number of rotatable bonds is 6. The Bertz CT molecular complexity index is 333. The second-order valence-electron chi connectivity index (χ2n) is 5.35. The van der Waals surface area contributed by atoms with Gasteiger partial charge in [0.25, 0.3) is 0 Å². The lowest BCUT2D eigenvalue weighted by molar-refractivity contribution is -0.145. The second-order valence-corrected chi connectivity index (χ2v) is 5.35. The predicted molar refractivity (Wildman–Crippen MR) is 70.6 cm³/mol. The fraction of sp³-hybridized carbons (Fsp3) is 0.846. The van der Waals surface area contributed by atoms with Crippen molar-refractivity contribution in [2.45, 2.75) is 39.3 Å². The normalized spacial score (nSPS) is 24.5. The van der Waals surface area contributed by atoms with Gasteiger partial charge in [-0.1, -0.05) is 20.8 Å². The van der Waals surface area contributed by atoms with Gasteiger partial charge in [0.1, 0.15) is 5.92 Å². The van der Waals surface area contributed by atoms with Crippen LogP contribution in [0.25, 0.3) is 0 Å². The van der Waals surface area contributed by atoms with Crippen LogP contribution in [0, 0.1) is 11.8 Å². The van der Waals surface area contributed by atoms with Crippen molar-refractivity contribution in [2.24, 2.45) is 17.6 Å². The van der Waals surface area contributed by atoms with Gasteiger partial charge in [-0.3, -0.25) is 9.59 Å². The van der Waals surface area contributed by atoms with Crippen LogP contribution in [0.4, 0.5) is 0 Å². The summed E-state index contributed by atoms with van der Waals surface area (Å²) >= 11 is 0. The van der Waals surface area contributed by atoms with Gasteiger partial charge in [-0.2, -0.15) is 0 Å². The third-order valence-corrected chi connectivity index (χ3v) is 3.52. The highest BCUT2D eigenvalue weighted by molar-refractivity contribution is 5.83. The van der Waals surface area contributed by atoms with Crippen LogP contribution in [0.1, 0.15) is 27.2 Å². The molecular formula is C13H24N2O4. The van der Waals surface area contributed by atoms with Crippen LogP contribution in [0.5, 0.6) is 0 Å². The lowest BCUT2D eigenvalue weighted by atomic mass is 9.98. The van der Waals surface area contributed by atoms with E-state index in [0.29, 0.717) is 6.54 Å². The van der Waals surface area contributed by atoms with Gasteiger partial charge in [0.15, 0.2) is 0 Å². The Labute approximate surface area is 113 Å². The van der Waals surface area contributed by atoms with E-state index in [1.807, 2.05) is 20.8 Å². The van der Waals surface area contributed by atoms with Crippen molar-refractivity contribution in [1.29, 1.82) is 0 Å². The second kappa shape index (κ2) is 6.86. The fourth-order valence-electron chi connectivity index (χ4n) is 2.24. The third kappa shape index (κ3) is 3.67. The lowest BCUT2D eigenvalue weighted by Gasteiger charge is -2.33. The molecular weight excluding hydrogens is 248 g/mol. The molecule has 1 fully saturated rings. The van der Waals surface area contributed by atoms with Crippen molar-refractivity contribution >= 4 is 11.9 Å². The molecule has 1 amide bonds. The highest BCUT2D eigenvalue weighted by atomic mass is 16.5. The van der Waals surface area contributed by atoms with Crippen LogP contribution >= 0.6 is 0 Å². The highest BCUT2D eigenvalue weighted by Crippen LogP contribution is 2.22. The van der Waals surface area contributed by atoms with E-state index in [1.54, 1.807) is 4.90 Å². The molecule has 1 aliphatic heterocycles. The summed E-state index contributed by atoms with van der Waals surface area (Å²) in [6.45, 7) is 6.65. The summed E-state index contributed by atoms with van der Waals surface area (Å²) in [7, 11) is 0. The minimum Gasteiger partial charge on any atom is -0.481 e. The summed E-state index contributed by atoms with van der Waals surface area (Å²) in [5.74, 6) is -1.74. The Morgan fingerprint density at radius 1 is 1.42 bits per heavy atom. The van der Waals surface area contributed by atoms with Gasteiger partial charge in [0.05, 0.1) is 25.3 Å². The van der Waals surface area contributed by atoms with Gasteiger partial charge in [0.2, 0.25) is 5.91 Å². The number of ether oxygens (including phenoxy) is 1. The Morgan fingerprint density at radius 3 is 2.53 bits per heavy atom. The minimum absolute atomic E-state index is 0.0254. The molecule has 0 aromatic heterocycles. The van der Waals surface area contributed by atoms with Crippen LogP contribution in [0.2, 0.25) is 0 Å². The summed E-state index contributed by atoms with van der Waals surface area (Å²) in [4.78, 5) is 25.2. The van der Waals surface area contributed by atoms with Crippen molar-refractivity contribution in [3.05, 3.63) is 0 Å². The predicted octanol–water partition coefficient (Wildman–Crippen LogP) is 0.308. The van der Waals surface area contributed by atoms with Crippen LogP contribution in [0.3, 0.4) is 0 Å². The average Bonchev–Trinajstić information content (AvgIpc) is 2.83. The molecule has 0 spiro atoms. The van der Waals surface area contributed by atoms with Gasteiger partial charge in [-0.25, -0.2) is 0 Å². The molecule has 19 heavy (non-hydrogen) atoms. The van der Waals surface area contributed by atoms with Gasteiger partial charge in [-0.05, 0) is 12.3 Å². The molecule has 0 aromatic carbocycles. The largest absolute Gasteiger partial charge is 0.481 e. The Balaban J connectivity index is 2.87. The molecule has 0 bridgehead atoms. The molecule has 6 heteroatoms. The average molecular weight is 272 g/mol. The number of aliphatic carboxylic acids is 1. The number of hydrogen-bond acceptors (Lipinski definition) is 4. The smallest absolute Gasteiger partial charge is 0.311 e. The van der Waals surface area contributed by atoms with E-state index < -0.39 is 24.0 Å². The maximum absolute atomic E-state index is 12.4. The van der Waals surface area contributed by atoms with Crippen LogP contribution < -0.4 is 5.73 Å². The van der Waals surface area contributed by atoms with Crippen molar-refractivity contribution < 1.29 is 19.4 Å². The van der Waals surface area contributed by atoms with Gasteiger partial charge in [-0.15, -0.1) is 0 Å². The van der Waals surface area contributed by atoms with E-state index in [2.05, 4.69) is 0 Å². The molecule has 2 unspecified atom stereocenters. The van der Waals surface area contributed by atoms with E-state index in [1.165, 1.54) is 0 Å². The molecule has 3 atom stereocenters. The molecule has 1 heterocycles. The quantitative estimate of drug-likeness (QED) is 0.726.